The Balaban J connectivity index is 2.78. The van der Waals surface area contributed by atoms with Crippen LogP contribution in [0.25, 0.3) is 0 Å². The fourth-order valence-corrected chi connectivity index (χ4v) is 1.88. The number of aromatic nitrogens is 2. The van der Waals surface area contributed by atoms with E-state index in [1.165, 1.54) is 0 Å². The van der Waals surface area contributed by atoms with E-state index in [4.69, 9.17) is 0 Å². The van der Waals surface area contributed by atoms with Crippen LogP contribution in [0.2, 0.25) is 0 Å². The van der Waals surface area contributed by atoms with Crippen LogP contribution in [0.5, 0.6) is 0 Å². The quantitative estimate of drug-likeness (QED) is 0.601. The fraction of sp³-hybridized carbons (Fsp3) is 0.692. The van der Waals surface area contributed by atoms with Crippen LogP contribution in [-0.2, 0) is 13.1 Å². The second-order valence-corrected chi connectivity index (χ2v) is 5.29. The van der Waals surface area contributed by atoms with Gasteiger partial charge in [0.1, 0.15) is 12.4 Å². The van der Waals surface area contributed by atoms with Gasteiger partial charge < -0.3 is 14.4 Å². The molecule has 0 atom stereocenters. The van der Waals surface area contributed by atoms with Gasteiger partial charge in [0.05, 0.1) is 0 Å². The smallest absolute Gasteiger partial charge is 0.195 e. The Hall–Kier alpha value is -1.52. The molecule has 0 bridgehead atoms. The summed E-state index contributed by atoms with van der Waals surface area (Å²) >= 11 is 0. The Kier molecular flexibility index (Phi) is 5.19. The molecule has 1 rings (SSSR count). The normalized spacial score (nSPS) is 10.6. The fourth-order valence-electron chi connectivity index (χ4n) is 1.88. The molecular formula is C13H25N5. The molecule has 0 radical (unpaired) electrons. The zero-order valence-electron chi connectivity index (χ0n) is 12.4. The van der Waals surface area contributed by atoms with Gasteiger partial charge in [0.25, 0.3) is 0 Å². The molecule has 0 aromatic carbocycles. The second-order valence-electron chi connectivity index (χ2n) is 5.29. The Morgan fingerprint density at radius 3 is 2.39 bits per heavy atom. The Bertz CT molecular complexity index is 380. The van der Waals surface area contributed by atoms with Gasteiger partial charge >= 0.3 is 0 Å². The Labute approximate surface area is 110 Å². The van der Waals surface area contributed by atoms with Crippen LogP contribution in [0, 0.1) is 5.92 Å². The molecule has 0 N–H and O–H groups in total. The lowest BCUT2D eigenvalue weighted by Crippen LogP contribution is -2.35. The van der Waals surface area contributed by atoms with Crippen LogP contribution in [-0.4, -0.2) is 53.5 Å². The van der Waals surface area contributed by atoms with Crippen LogP contribution in [0.15, 0.2) is 17.4 Å². The van der Waals surface area contributed by atoms with E-state index in [0.29, 0.717) is 12.5 Å². The van der Waals surface area contributed by atoms with Crippen molar-refractivity contribution in [3.8, 4) is 0 Å². The first kappa shape index (κ1) is 14.5. The molecule has 0 aliphatic carbocycles. The Morgan fingerprint density at radius 1 is 1.28 bits per heavy atom. The maximum absolute atomic E-state index is 4.62. The molecule has 0 amide bonds. The maximum atomic E-state index is 4.62. The zero-order valence-corrected chi connectivity index (χ0v) is 12.4. The van der Waals surface area contributed by atoms with Crippen LogP contribution in [0.3, 0.4) is 0 Å². The third-order valence-electron chi connectivity index (χ3n) is 2.53. The minimum Gasteiger partial charge on any atom is -0.349 e. The van der Waals surface area contributed by atoms with Gasteiger partial charge in [-0.25, -0.2) is 9.98 Å². The van der Waals surface area contributed by atoms with Crippen molar-refractivity contribution in [3.05, 3.63) is 18.2 Å². The molecule has 1 heterocycles. The lowest BCUT2D eigenvalue weighted by atomic mass is 10.2. The number of rotatable bonds is 4. The summed E-state index contributed by atoms with van der Waals surface area (Å²) < 4.78 is 2.18. The molecule has 5 heteroatoms. The number of imidazole rings is 1. The molecular weight excluding hydrogens is 226 g/mol. The van der Waals surface area contributed by atoms with E-state index in [-0.39, 0.29) is 0 Å². The summed E-state index contributed by atoms with van der Waals surface area (Å²) in [6.45, 7) is 6.02. The standard InChI is InChI=1S/C13H25N5/c1-11(2)10-18-8-7-14-12(18)9-15-13(16(3)4)17(5)6/h7-8,11H,9-10H2,1-6H3. The van der Waals surface area contributed by atoms with Crippen LogP contribution >= 0.6 is 0 Å². The molecule has 18 heavy (non-hydrogen) atoms. The van der Waals surface area contributed by atoms with Gasteiger partial charge in [0.2, 0.25) is 0 Å². The molecule has 0 saturated heterocycles. The van der Waals surface area contributed by atoms with Crippen LogP contribution < -0.4 is 0 Å². The van der Waals surface area contributed by atoms with E-state index in [1.54, 1.807) is 0 Å². The van der Waals surface area contributed by atoms with Crippen LogP contribution in [0.4, 0.5) is 0 Å². The molecule has 0 fully saturated rings. The third-order valence-corrected chi connectivity index (χ3v) is 2.53. The van der Waals surface area contributed by atoms with Crippen molar-refractivity contribution in [3.63, 3.8) is 0 Å². The number of aliphatic imine (C=N–C) groups is 1. The summed E-state index contributed by atoms with van der Waals surface area (Å²) in [5, 5.41) is 0. The summed E-state index contributed by atoms with van der Waals surface area (Å²) in [6, 6.07) is 0. The van der Waals surface area contributed by atoms with Crippen molar-refractivity contribution < 1.29 is 0 Å². The van der Waals surface area contributed by atoms with Crippen molar-refractivity contribution in [2.75, 3.05) is 28.2 Å². The first-order chi connectivity index (χ1) is 8.41. The van der Waals surface area contributed by atoms with Crippen molar-refractivity contribution in [1.82, 2.24) is 19.4 Å². The SMILES string of the molecule is CC(C)Cn1ccnc1CN=C(N(C)C)N(C)C. The summed E-state index contributed by atoms with van der Waals surface area (Å²) in [4.78, 5) is 13.0. The molecule has 1 aromatic rings. The molecule has 5 nitrogen and oxygen atoms in total. The van der Waals surface area contributed by atoms with Gasteiger partial charge in [-0.05, 0) is 5.92 Å². The summed E-state index contributed by atoms with van der Waals surface area (Å²) in [7, 11) is 8.00. The van der Waals surface area contributed by atoms with E-state index >= 15 is 0 Å². The van der Waals surface area contributed by atoms with Gasteiger partial charge in [0, 0.05) is 47.1 Å². The molecule has 0 aliphatic heterocycles. The average Bonchev–Trinajstić information content (AvgIpc) is 2.64. The zero-order chi connectivity index (χ0) is 13.7. The first-order valence-corrected chi connectivity index (χ1v) is 6.31. The van der Waals surface area contributed by atoms with Gasteiger partial charge in [-0.1, -0.05) is 13.8 Å². The highest BCUT2D eigenvalue weighted by Gasteiger charge is 2.07. The second kappa shape index (κ2) is 6.42. The molecule has 0 aliphatic rings. The number of hydrogen-bond donors (Lipinski definition) is 0. The van der Waals surface area contributed by atoms with E-state index in [9.17, 15) is 0 Å². The topological polar surface area (TPSA) is 36.7 Å². The highest BCUT2D eigenvalue weighted by Crippen LogP contribution is 2.05. The van der Waals surface area contributed by atoms with Gasteiger partial charge in [0.15, 0.2) is 5.96 Å². The molecule has 0 unspecified atom stereocenters. The van der Waals surface area contributed by atoms with E-state index < -0.39 is 0 Å². The molecule has 0 spiro atoms. The predicted octanol–water partition coefficient (Wildman–Crippen LogP) is 1.52. The van der Waals surface area contributed by atoms with E-state index in [1.807, 2.05) is 50.4 Å². The maximum Gasteiger partial charge on any atom is 0.195 e. The van der Waals surface area contributed by atoms with Gasteiger partial charge in [-0.3, -0.25) is 0 Å². The van der Waals surface area contributed by atoms with Crippen LogP contribution in [0.1, 0.15) is 19.7 Å². The predicted molar refractivity (Wildman–Crippen MR) is 75.6 cm³/mol. The Morgan fingerprint density at radius 2 is 1.89 bits per heavy atom. The van der Waals surface area contributed by atoms with Crippen molar-refractivity contribution in [2.45, 2.75) is 26.9 Å². The van der Waals surface area contributed by atoms with Gasteiger partial charge in [-0.15, -0.1) is 0 Å². The van der Waals surface area contributed by atoms with E-state index in [2.05, 4.69) is 28.4 Å². The lowest BCUT2D eigenvalue weighted by molar-refractivity contribution is 0.474. The molecule has 102 valence electrons. The third kappa shape index (κ3) is 4.05. The van der Waals surface area contributed by atoms with Gasteiger partial charge in [-0.2, -0.15) is 0 Å². The highest BCUT2D eigenvalue weighted by molar-refractivity contribution is 5.79. The average molecular weight is 251 g/mol. The van der Waals surface area contributed by atoms with Crippen molar-refractivity contribution >= 4 is 5.96 Å². The van der Waals surface area contributed by atoms with E-state index in [0.717, 1.165) is 18.3 Å². The highest BCUT2D eigenvalue weighted by atomic mass is 15.3. The lowest BCUT2D eigenvalue weighted by Gasteiger charge is -2.22. The molecule has 1 aromatic heterocycles. The molecule has 0 saturated carbocycles. The monoisotopic (exact) mass is 251 g/mol. The summed E-state index contributed by atoms with van der Waals surface area (Å²) in [6.07, 6.45) is 3.87. The number of hydrogen-bond acceptors (Lipinski definition) is 2. The summed E-state index contributed by atoms with van der Waals surface area (Å²) in [5.74, 6) is 2.59. The first-order valence-electron chi connectivity index (χ1n) is 6.31. The largest absolute Gasteiger partial charge is 0.349 e. The minimum absolute atomic E-state index is 0.615. The minimum atomic E-state index is 0.615. The number of guanidine groups is 1. The summed E-state index contributed by atoms with van der Waals surface area (Å²) in [5.41, 5.74) is 0. The van der Waals surface area contributed by atoms with Crippen molar-refractivity contribution in [2.24, 2.45) is 10.9 Å². The van der Waals surface area contributed by atoms with Crippen molar-refractivity contribution in [1.29, 1.82) is 0 Å². The number of nitrogens with zero attached hydrogens (tertiary/aromatic N) is 5.